The molecule has 7 nitrogen and oxygen atoms in total. The fourth-order valence-corrected chi connectivity index (χ4v) is 2.19. The Morgan fingerprint density at radius 2 is 1.78 bits per heavy atom. The molecule has 2 N–H and O–H groups in total. The first kappa shape index (κ1) is 19.7. The summed E-state index contributed by atoms with van der Waals surface area (Å²) < 4.78 is 10.1. The van der Waals surface area contributed by atoms with E-state index < -0.39 is 18.5 Å². The normalized spacial score (nSPS) is 10.3. The van der Waals surface area contributed by atoms with Crippen LogP contribution in [0.5, 0.6) is 5.75 Å². The Balaban J connectivity index is 1.92. The minimum absolute atomic E-state index is 0.239. The number of nitrogens with one attached hydrogen (secondary N) is 2. The Kier molecular flexibility index (Phi) is 7.13. The van der Waals surface area contributed by atoms with Crippen LogP contribution in [0, 0.1) is 0 Å². The first-order valence-corrected chi connectivity index (χ1v) is 8.13. The molecule has 2 aromatic rings. The summed E-state index contributed by atoms with van der Waals surface area (Å²) in [6, 6.07) is 14.0. The van der Waals surface area contributed by atoms with Crippen molar-refractivity contribution in [2.75, 3.05) is 24.4 Å². The Morgan fingerprint density at radius 1 is 1.04 bits per heavy atom. The van der Waals surface area contributed by atoms with Gasteiger partial charge in [-0.25, -0.2) is 4.79 Å². The van der Waals surface area contributed by atoms with Crippen LogP contribution >= 0.6 is 0 Å². The second kappa shape index (κ2) is 9.76. The lowest BCUT2D eigenvalue weighted by atomic mass is 10.2. The number of ether oxygens (including phenoxy) is 2. The zero-order chi connectivity index (χ0) is 19.6. The topological polar surface area (TPSA) is 93.7 Å². The van der Waals surface area contributed by atoms with Gasteiger partial charge in [0.2, 0.25) is 5.91 Å². The number of esters is 1. The molecule has 2 aromatic carbocycles. The summed E-state index contributed by atoms with van der Waals surface area (Å²) >= 11 is 0. The van der Waals surface area contributed by atoms with Gasteiger partial charge in [0, 0.05) is 18.7 Å². The van der Waals surface area contributed by atoms with Crippen LogP contribution in [0.1, 0.15) is 12.5 Å². The minimum Gasteiger partial charge on any atom is -0.495 e. The van der Waals surface area contributed by atoms with Gasteiger partial charge in [0.25, 0.3) is 5.91 Å². The van der Waals surface area contributed by atoms with Gasteiger partial charge in [-0.15, -0.1) is 0 Å². The highest BCUT2D eigenvalue weighted by Gasteiger charge is 2.11. The maximum absolute atomic E-state index is 12.0. The minimum atomic E-state index is -0.632. The van der Waals surface area contributed by atoms with E-state index >= 15 is 0 Å². The third kappa shape index (κ3) is 6.66. The van der Waals surface area contributed by atoms with Gasteiger partial charge < -0.3 is 20.1 Å². The number of benzene rings is 2. The molecule has 2 amide bonds. The average Bonchev–Trinajstić information content (AvgIpc) is 2.65. The molecular formula is C20H20N2O5. The molecule has 0 fully saturated rings. The van der Waals surface area contributed by atoms with Crippen molar-refractivity contribution in [3.8, 4) is 5.75 Å². The number of carbonyl (C=O) groups is 3. The van der Waals surface area contributed by atoms with Crippen molar-refractivity contribution < 1.29 is 23.9 Å². The average molecular weight is 368 g/mol. The van der Waals surface area contributed by atoms with Crippen LogP contribution < -0.4 is 15.4 Å². The fraction of sp³-hybridized carbons (Fsp3) is 0.150. The highest BCUT2D eigenvalue weighted by atomic mass is 16.5. The molecule has 7 heteroatoms. The Labute approximate surface area is 157 Å². The highest BCUT2D eigenvalue weighted by molar-refractivity contribution is 5.97. The molecule has 0 aliphatic carbocycles. The zero-order valence-electron chi connectivity index (χ0n) is 15.0. The Bertz CT molecular complexity index is 847. The Morgan fingerprint density at radius 3 is 2.44 bits per heavy atom. The summed E-state index contributed by atoms with van der Waals surface area (Å²) in [7, 11) is 1.46. The van der Waals surface area contributed by atoms with E-state index in [4.69, 9.17) is 9.47 Å². The third-order valence-electron chi connectivity index (χ3n) is 3.35. The molecule has 0 aliphatic rings. The second-order valence-electron chi connectivity index (χ2n) is 5.50. The van der Waals surface area contributed by atoms with E-state index in [1.54, 1.807) is 24.3 Å². The quantitative estimate of drug-likeness (QED) is 0.579. The van der Waals surface area contributed by atoms with Crippen molar-refractivity contribution in [1.82, 2.24) is 0 Å². The van der Waals surface area contributed by atoms with E-state index in [2.05, 4.69) is 10.6 Å². The van der Waals surface area contributed by atoms with Crippen LogP contribution in [-0.4, -0.2) is 31.5 Å². The number of methoxy groups -OCH3 is 1. The molecule has 0 spiro atoms. The molecule has 0 aromatic heterocycles. The van der Waals surface area contributed by atoms with E-state index in [0.29, 0.717) is 17.1 Å². The lowest BCUT2D eigenvalue weighted by molar-refractivity contribution is -0.142. The molecule has 2 rings (SSSR count). The summed E-state index contributed by atoms with van der Waals surface area (Å²) in [6.07, 6.45) is 2.85. The van der Waals surface area contributed by atoms with E-state index in [1.165, 1.54) is 20.1 Å². The second-order valence-corrected chi connectivity index (χ2v) is 5.50. The molecule has 0 saturated carbocycles. The summed E-state index contributed by atoms with van der Waals surface area (Å²) in [5.74, 6) is -0.993. The van der Waals surface area contributed by atoms with Gasteiger partial charge >= 0.3 is 5.97 Å². The molecule has 0 saturated heterocycles. The van der Waals surface area contributed by atoms with Crippen LogP contribution in [0.3, 0.4) is 0 Å². The van der Waals surface area contributed by atoms with E-state index in [0.717, 1.165) is 5.56 Å². The first-order valence-electron chi connectivity index (χ1n) is 8.13. The van der Waals surface area contributed by atoms with Crippen molar-refractivity contribution in [3.05, 3.63) is 60.2 Å². The predicted octanol–water partition coefficient (Wildman–Crippen LogP) is 2.85. The summed E-state index contributed by atoms with van der Waals surface area (Å²) in [5.41, 5.74) is 1.70. The zero-order valence-corrected chi connectivity index (χ0v) is 15.0. The van der Waals surface area contributed by atoms with Crippen molar-refractivity contribution in [3.63, 3.8) is 0 Å². The van der Waals surface area contributed by atoms with Crippen LogP contribution in [0.15, 0.2) is 54.6 Å². The summed E-state index contributed by atoms with van der Waals surface area (Å²) in [6.45, 7) is 0.927. The van der Waals surface area contributed by atoms with Gasteiger partial charge in [-0.2, -0.15) is 0 Å². The van der Waals surface area contributed by atoms with Crippen molar-refractivity contribution >= 4 is 35.2 Å². The number of carbonyl (C=O) groups excluding carboxylic acids is 3. The molecule has 140 valence electrons. The van der Waals surface area contributed by atoms with E-state index in [9.17, 15) is 14.4 Å². The number of amides is 2. The molecule has 0 atom stereocenters. The molecule has 0 bridgehead atoms. The van der Waals surface area contributed by atoms with Gasteiger partial charge in [0.05, 0.1) is 12.8 Å². The smallest absolute Gasteiger partial charge is 0.331 e. The maximum Gasteiger partial charge on any atom is 0.331 e. The summed E-state index contributed by atoms with van der Waals surface area (Å²) in [5, 5.41) is 5.20. The van der Waals surface area contributed by atoms with E-state index in [1.807, 2.05) is 30.3 Å². The molecule has 0 aliphatic heterocycles. The van der Waals surface area contributed by atoms with Gasteiger partial charge in [-0.3, -0.25) is 9.59 Å². The van der Waals surface area contributed by atoms with E-state index in [-0.39, 0.29) is 5.91 Å². The predicted molar refractivity (Wildman–Crippen MR) is 102 cm³/mol. The van der Waals surface area contributed by atoms with Gasteiger partial charge in [-0.05, 0) is 29.8 Å². The Hall–Kier alpha value is -3.61. The molecular weight excluding hydrogens is 348 g/mol. The summed E-state index contributed by atoms with van der Waals surface area (Å²) in [4.78, 5) is 34.9. The lowest BCUT2D eigenvalue weighted by Crippen LogP contribution is -2.20. The fourth-order valence-electron chi connectivity index (χ4n) is 2.19. The number of hydrogen-bond acceptors (Lipinski definition) is 5. The molecule has 0 unspecified atom stereocenters. The van der Waals surface area contributed by atoms with Crippen LogP contribution in [0.4, 0.5) is 11.4 Å². The van der Waals surface area contributed by atoms with Crippen molar-refractivity contribution in [2.24, 2.45) is 0 Å². The monoisotopic (exact) mass is 368 g/mol. The van der Waals surface area contributed by atoms with Gasteiger partial charge in [0.1, 0.15) is 5.75 Å². The third-order valence-corrected chi connectivity index (χ3v) is 3.35. The molecule has 27 heavy (non-hydrogen) atoms. The van der Waals surface area contributed by atoms with Crippen LogP contribution in [0.2, 0.25) is 0 Å². The number of rotatable bonds is 7. The van der Waals surface area contributed by atoms with Crippen molar-refractivity contribution in [1.29, 1.82) is 0 Å². The van der Waals surface area contributed by atoms with Gasteiger partial charge in [0.15, 0.2) is 6.61 Å². The van der Waals surface area contributed by atoms with Crippen LogP contribution in [0.25, 0.3) is 6.08 Å². The lowest BCUT2D eigenvalue weighted by Gasteiger charge is -2.12. The largest absolute Gasteiger partial charge is 0.495 e. The number of anilines is 2. The number of hydrogen-bond donors (Lipinski definition) is 2. The maximum atomic E-state index is 12.0. The standard InChI is InChI=1S/C20H20N2O5/c1-14(23)21-16-9-10-18(26-2)17(12-16)22-19(24)13-27-20(25)11-8-15-6-4-3-5-7-15/h3-12H,13H2,1-2H3,(H,21,23)(H,22,24)/b11-8+. The SMILES string of the molecule is COc1ccc(NC(C)=O)cc1NC(=O)COC(=O)/C=C/c1ccccc1. The first-order chi connectivity index (χ1) is 13.0. The molecule has 0 radical (unpaired) electrons. The van der Waals surface area contributed by atoms with Gasteiger partial charge in [-0.1, -0.05) is 30.3 Å². The van der Waals surface area contributed by atoms with Crippen LogP contribution in [-0.2, 0) is 19.1 Å². The molecule has 0 heterocycles. The highest BCUT2D eigenvalue weighted by Crippen LogP contribution is 2.27. The van der Waals surface area contributed by atoms with Crippen molar-refractivity contribution in [2.45, 2.75) is 6.92 Å².